The van der Waals surface area contributed by atoms with E-state index in [4.69, 9.17) is 16.9 Å². The predicted molar refractivity (Wildman–Crippen MR) is 112 cm³/mol. The Bertz CT molecular complexity index is 1120. The second kappa shape index (κ2) is 8.08. The fourth-order valence-electron chi connectivity index (χ4n) is 3.32. The molecule has 2 aromatic rings. The quantitative estimate of drug-likeness (QED) is 0.792. The molecule has 0 spiro atoms. The number of carbonyl (C=O) groups is 2. The summed E-state index contributed by atoms with van der Waals surface area (Å²) in [6.45, 7) is 1.20. The molecular weight excluding hydrogens is 406 g/mol. The lowest BCUT2D eigenvalue weighted by Crippen LogP contribution is -2.30. The van der Waals surface area contributed by atoms with Crippen LogP contribution in [0.3, 0.4) is 0 Å². The molecule has 2 heterocycles. The number of benzene rings is 1. The molecule has 0 atom stereocenters. The Labute approximate surface area is 177 Å². The molecule has 5 nitrogen and oxygen atoms in total. The van der Waals surface area contributed by atoms with E-state index in [9.17, 15) is 9.59 Å². The third-order valence-corrected chi connectivity index (χ3v) is 5.95. The molecule has 144 valence electrons. The predicted octanol–water partition coefficient (Wildman–Crippen LogP) is 3.99. The van der Waals surface area contributed by atoms with Crippen LogP contribution in [0.4, 0.5) is 0 Å². The maximum atomic E-state index is 12.5. The Kier molecular flexibility index (Phi) is 5.34. The van der Waals surface area contributed by atoms with E-state index in [1.54, 1.807) is 18.2 Å². The van der Waals surface area contributed by atoms with E-state index in [0.29, 0.717) is 34.4 Å². The number of amides is 1. The average molecular weight is 422 g/mol. The average Bonchev–Trinajstić information content (AvgIpc) is 3.32. The van der Waals surface area contributed by atoms with Crippen molar-refractivity contribution in [2.45, 2.75) is 13.0 Å². The number of rotatable bonds is 5. The van der Waals surface area contributed by atoms with Crippen molar-refractivity contribution in [1.29, 1.82) is 5.26 Å². The summed E-state index contributed by atoms with van der Waals surface area (Å²) in [5.74, 6) is -0.546. The number of nitriles is 1. The van der Waals surface area contributed by atoms with Crippen LogP contribution in [0.1, 0.15) is 20.8 Å². The van der Waals surface area contributed by atoms with Crippen molar-refractivity contribution in [3.05, 3.63) is 91.9 Å². The smallest absolute Gasteiger partial charge is 0.265 e. The number of fused-ring (bicyclic) bond motifs is 1. The lowest BCUT2D eigenvalue weighted by molar-refractivity contribution is -0.111. The molecule has 1 aliphatic carbocycles. The highest BCUT2D eigenvalue weighted by Gasteiger charge is 2.28. The summed E-state index contributed by atoms with van der Waals surface area (Å²) in [7, 11) is 0. The molecule has 1 aromatic carbocycles. The minimum absolute atomic E-state index is 0.212. The van der Waals surface area contributed by atoms with E-state index < -0.39 is 0 Å². The zero-order valence-corrected chi connectivity index (χ0v) is 16.9. The highest BCUT2D eigenvalue weighted by Crippen LogP contribution is 2.30. The molecule has 0 unspecified atom stereocenters. The summed E-state index contributed by atoms with van der Waals surface area (Å²) < 4.78 is 0.524. The summed E-state index contributed by atoms with van der Waals surface area (Å²) in [5, 5.41) is 11.5. The number of ketones is 1. The van der Waals surface area contributed by atoms with Gasteiger partial charge in [-0.25, -0.2) is 0 Å². The molecule has 29 heavy (non-hydrogen) atoms. The Morgan fingerprint density at radius 2 is 1.93 bits per heavy atom. The van der Waals surface area contributed by atoms with Gasteiger partial charge in [-0.2, -0.15) is 5.26 Å². The van der Waals surface area contributed by atoms with Gasteiger partial charge in [-0.3, -0.25) is 9.59 Å². The van der Waals surface area contributed by atoms with Gasteiger partial charge in [-0.1, -0.05) is 35.9 Å². The van der Waals surface area contributed by atoms with Crippen LogP contribution in [-0.2, 0) is 17.8 Å². The number of nitrogens with zero attached hydrogens (tertiary/aromatic N) is 2. The Hall–Kier alpha value is -3.14. The molecule has 7 heteroatoms. The van der Waals surface area contributed by atoms with Gasteiger partial charge in [0.15, 0.2) is 0 Å². The van der Waals surface area contributed by atoms with Crippen molar-refractivity contribution in [2.75, 3.05) is 6.54 Å². The summed E-state index contributed by atoms with van der Waals surface area (Å²) in [5.41, 5.74) is 4.15. The lowest BCUT2D eigenvalue weighted by Gasteiger charge is -2.18. The monoisotopic (exact) mass is 421 g/mol. The van der Waals surface area contributed by atoms with Crippen molar-refractivity contribution >= 4 is 34.6 Å². The normalized spacial score (nSPS) is 15.2. The van der Waals surface area contributed by atoms with Crippen molar-refractivity contribution in [3.8, 4) is 6.07 Å². The number of nitrogens with one attached hydrogen (secondary N) is 1. The first-order valence-corrected chi connectivity index (χ1v) is 10.2. The zero-order chi connectivity index (χ0) is 20.4. The van der Waals surface area contributed by atoms with E-state index in [-0.39, 0.29) is 11.7 Å². The van der Waals surface area contributed by atoms with E-state index >= 15 is 0 Å². The largest absolute Gasteiger partial charge is 0.368 e. The molecule has 0 saturated heterocycles. The van der Waals surface area contributed by atoms with Crippen LogP contribution >= 0.6 is 22.9 Å². The highest BCUT2D eigenvalue weighted by molar-refractivity contribution is 7.18. The maximum Gasteiger partial charge on any atom is 0.265 e. The molecule has 1 aliphatic heterocycles. The highest BCUT2D eigenvalue weighted by atomic mass is 35.5. The van der Waals surface area contributed by atoms with E-state index in [1.165, 1.54) is 17.4 Å². The first-order valence-electron chi connectivity index (χ1n) is 8.97. The third kappa shape index (κ3) is 4.16. The number of halogens is 1. The summed E-state index contributed by atoms with van der Waals surface area (Å²) >= 11 is 7.08. The first-order chi connectivity index (χ1) is 14.0. The molecule has 1 amide bonds. The van der Waals surface area contributed by atoms with Gasteiger partial charge in [0, 0.05) is 24.9 Å². The van der Waals surface area contributed by atoms with Gasteiger partial charge in [0.2, 0.25) is 5.78 Å². The fraction of sp³-hybridized carbons (Fsp3) is 0.136. The Balaban J connectivity index is 1.51. The molecule has 2 aliphatic rings. The Morgan fingerprint density at radius 3 is 2.62 bits per heavy atom. The summed E-state index contributed by atoms with van der Waals surface area (Å²) in [6.07, 6.45) is 5.65. The fourth-order valence-corrected chi connectivity index (χ4v) is 4.26. The molecule has 0 fully saturated rings. The van der Waals surface area contributed by atoms with E-state index in [2.05, 4.69) is 16.3 Å². The second-order valence-corrected chi connectivity index (χ2v) is 8.46. The molecule has 4 rings (SSSR count). The molecular formula is C22H16ClN3O2S. The number of hydrogen-bond acceptors (Lipinski definition) is 5. The van der Waals surface area contributed by atoms with Crippen molar-refractivity contribution in [3.63, 3.8) is 0 Å². The summed E-state index contributed by atoms with van der Waals surface area (Å²) in [6, 6.07) is 13.4. The molecule has 0 bridgehead atoms. The number of allylic oxidation sites excluding steroid dienone is 2. The molecule has 0 radical (unpaired) electrons. The third-order valence-electron chi connectivity index (χ3n) is 4.72. The van der Waals surface area contributed by atoms with Gasteiger partial charge in [-0.05, 0) is 41.0 Å². The van der Waals surface area contributed by atoms with Crippen LogP contribution < -0.4 is 5.32 Å². The van der Waals surface area contributed by atoms with Crippen LogP contribution in [0.5, 0.6) is 0 Å². The van der Waals surface area contributed by atoms with Crippen molar-refractivity contribution < 1.29 is 9.59 Å². The number of thiophene rings is 1. The molecule has 1 N–H and O–H groups in total. The summed E-state index contributed by atoms with van der Waals surface area (Å²) in [4.78, 5) is 27.5. The van der Waals surface area contributed by atoms with Crippen LogP contribution in [-0.4, -0.2) is 23.1 Å². The second-order valence-electron chi connectivity index (χ2n) is 6.75. The lowest BCUT2D eigenvalue weighted by atomic mass is 9.98. The standard InChI is InChI=1S/C22H16ClN3O2S/c23-20-8-7-19(29-20)22(28)25-21-17-13-26(12-16(17)5-6-18(21)27)11-15-3-1-14(2-4-15)9-10-24/h1-8,12H,9,11,13H2,(H,25,28). The van der Waals surface area contributed by atoms with Crippen LogP contribution in [0.15, 0.2) is 71.6 Å². The molecule has 0 saturated carbocycles. The van der Waals surface area contributed by atoms with E-state index in [1.807, 2.05) is 30.5 Å². The van der Waals surface area contributed by atoms with Gasteiger partial charge in [0.05, 0.1) is 27.4 Å². The number of carbonyl (C=O) groups excluding carboxylic acids is 2. The SMILES string of the molecule is N#CCc1ccc(CN2C=C3C=CC(=O)C(NC(=O)c4ccc(Cl)s4)=C3C2)cc1. The van der Waals surface area contributed by atoms with Crippen LogP contribution in [0, 0.1) is 11.3 Å². The van der Waals surface area contributed by atoms with Crippen molar-refractivity contribution in [2.24, 2.45) is 0 Å². The van der Waals surface area contributed by atoms with Crippen molar-refractivity contribution in [1.82, 2.24) is 10.2 Å². The van der Waals surface area contributed by atoms with Gasteiger partial charge in [-0.15, -0.1) is 11.3 Å². The first kappa shape index (κ1) is 19.2. The zero-order valence-electron chi connectivity index (χ0n) is 15.3. The van der Waals surface area contributed by atoms with Crippen LogP contribution in [0.25, 0.3) is 0 Å². The topological polar surface area (TPSA) is 73.2 Å². The molecule has 1 aromatic heterocycles. The van der Waals surface area contributed by atoms with Gasteiger partial charge in [0.25, 0.3) is 5.91 Å². The minimum atomic E-state index is -0.334. The van der Waals surface area contributed by atoms with Crippen LogP contribution in [0.2, 0.25) is 4.34 Å². The van der Waals surface area contributed by atoms with Gasteiger partial charge >= 0.3 is 0 Å². The maximum absolute atomic E-state index is 12.5. The number of hydrogen-bond donors (Lipinski definition) is 1. The van der Waals surface area contributed by atoms with E-state index in [0.717, 1.165) is 22.3 Å². The minimum Gasteiger partial charge on any atom is -0.368 e. The van der Waals surface area contributed by atoms with Gasteiger partial charge < -0.3 is 10.2 Å². The Morgan fingerprint density at radius 1 is 1.17 bits per heavy atom. The van der Waals surface area contributed by atoms with Gasteiger partial charge in [0.1, 0.15) is 0 Å².